The number of aliphatic imine (C=N–C) groups is 1. The molecule has 2 saturated carbocycles. The van der Waals surface area contributed by atoms with E-state index in [4.69, 9.17) is 5.26 Å². The zero-order chi connectivity index (χ0) is 18.8. The minimum atomic E-state index is -0.293. The summed E-state index contributed by atoms with van der Waals surface area (Å²) in [5, 5.41) is 12.3. The molecule has 152 valence electrons. The van der Waals surface area contributed by atoms with Crippen molar-refractivity contribution >= 4 is 29.9 Å². The number of nitrogens with one attached hydrogen (secondary N) is 1. The Kier molecular flexibility index (Phi) is 7.15. The van der Waals surface area contributed by atoms with Gasteiger partial charge in [-0.2, -0.15) is 5.26 Å². The van der Waals surface area contributed by atoms with Gasteiger partial charge in [0.25, 0.3) is 0 Å². The summed E-state index contributed by atoms with van der Waals surface area (Å²) in [7, 11) is 1.77. The third kappa shape index (κ3) is 4.43. The highest BCUT2D eigenvalue weighted by Crippen LogP contribution is 2.46. The second-order valence-electron chi connectivity index (χ2n) is 8.08. The van der Waals surface area contributed by atoms with Gasteiger partial charge in [-0.25, -0.2) is 4.39 Å². The van der Waals surface area contributed by atoms with Crippen molar-refractivity contribution in [1.29, 1.82) is 5.26 Å². The lowest BCUT2D eigenvalue weighted by Crippen LogP contribution is -2.55. The van der Waals surface area contributed by atoms with Crippen LogP contribution in [0, 0.1) is 29.0 Å². The maximum absolute atomic E-state index is 14.0. The van der Waals surface area contributed by atoms with Crippen LogP contribution >= 0.6 is 24.0 Å². The molecule has 0 aromatic heterocycles. The number of benzene rings is 1. The number of halogens is 2. The Morgan fingerprint density at radius 3 is 2.64 bits per heavy atom. The summed E-state index contributed by atoms with van der Waals surface area (Å²) in [6.07, 6.45) is 5.71. The second kappa shape index (κ2) is 9.40. The first-order valence-corrected chi connectivity index (χ1v) is 10.1. The van der Waals surface area contributed by atoms with E-state index in [1.165, 1.54) is 37.8 Å². The van der Waals surface area contributed by atoms with Crippen molar-refractivity contribution in [3.63, 3.8) is 0 Å². The third-order valence-corrected chi connectivity index (χ3v) is 6.61. The molecule has 1 aromatic rings. The van der Waals surface area contributed by atoms with E-state index in [0.717, 1.165) is 50.0 Å². The average Bonchev–Trinajstić information content (AvgIpc) is 3.34. The number of piperazine rings is 1. The Hall–Kier alpha value is -1.40. The Balaban J connectivity index is 0.00000225. The van der Waals surface area contributed by atoms with Gasteiger partial charge in [0.15, 0.2) is 5.96 Å². The van der Waals surface area contributed by atoms with Crippen LogP contribution in [0.25, 0.3) is 0 Å². The Labute approximate surface area is 184 Å². The highest BCUT2D eigenvalue weighted by atomic mass is 127. The van der Waals surface area contributed by atoms with Crippen LogP contribution in [-0.2, 0) is 6.54 Å². The molecule has 4 rings (SSSR count). The first-order valence-electron chi connectivity index (χ1n) is 10.1. The molecular formula is C21H29FIN5. The van der Waals surface area contributed by atoms with Gasteiger partial charge in [-0.05, 0) is 49.3 Å². The summed E-state index contributed by atoms with van der Waals surface area (Å²) in [5.74, 6) is 2.42. The van der Waals surface area contributed by atoms with Gasteiger partial charge in [0, 0.05) is 51.4 Å². The molecule has 3 fully saturated rings. The van der Waals surface area contributed by atoms with Gasteiger partial charge in [0.1, 0.15) is 5.82 Å². The summed E-state index contributed by atoms with van der Waals surface area (Å²) in [6, 6.07) is 7.31. The van der Waals surface area contributed by atoms with E-state index in [9.17, 15) is 4.39 Å². The molecule has 1 N–H and O–H groups in total. The summed E-state index contributed by atoms with van der Waals surface area (Å²) < 4.78 is 14.0. The summed E-state index contributed by atoms with van der Waals surface area (Å²) >= 11 is 0. The monoisotopic (exact) mass is 497 g/mol. The Morgan fingerprint density at radius 2 is 2.04 bits per heavy atom. The Bertz CT molecular complexity index is 754. The summed E-state index contributed by atoms with van der Waals surface area (Å²) in [5.41, 5.74) is 0.971. The quantitative estimate of drug-likeness (QED) is 0.396. The van der Waals surface area contributed by atoms with Crippen molar-refractivity contribution in [3.8, 4) is 6.07 Å². The lowest BCUT2D eigenvalue weighted by atomic mass is 9.93. The molecule has 1 aromatic carbocycles. The van der Waals surface area contributed by atoms with Gasteiger partial charge in [-0.1, -0.05) is 6.42 Å². The number of nitrogens with zero attached hydrogens (tertiary/aromatic N) is 4. The molecule has 5 nitrogen and oxygen atoms in total. The molecular weight excluding hydrogens is 468 g/mol. The Morgan fingerprint density at radius 1 is 1.25 bits per heavy atom. The molecule has 0 amide bonds. The number of fused-ring (bicyclic) bond motifs is 2. The third-order valence-electron chi connectivity index (χ3n) is 6.61. The summed E-state index contributed by atoms with van der Waals surface area (Å²) in [6.45, 7) is 4.39. The second-order valence-corrected chi connectivity index (χ2v) is 8.08. The van der Waals surface area contributed by atoms with Gasteiger partial charge in [-0.3, -0.25) is 9.89 Å². The van der Waals surface area contributed by atoms with E-state index in [-0.39, 0.29) is 29.8 Å². The van der Waals surface area contributed by atoms with Crippen LogP contribution in [0.15, 0.2) is 23.2 Å². The van der Waals surface area contributed by atoms with Crippen molar-refractivity contribution in [3.05, 3.63) is 35.1 Å². The molecule has 0 spiro atoms. The van der Waals surface area contributed by atoms with Gasteiger partial charge < -0.3 is 10.2 Å². The van der Waals surface area contributed by atoms with Crippen molar-refractivity contribution in [2.24, 2.45) is 16.8 Å². The zero-order valence-electron chi connectivity index (χ0n) is 16.4. The van der Waals surface area contributed by atoms with Crippen molar-refractivity contribution in [2.45, 2.75) is 38.3 Å². The van der Waals surface area contributed by atoms with E-state index in [2.05, 4.69) is 26.2 Å². The number of nitriles is 1. The zero-order valence-corrected chi connectivity index (χ0v) is 18.7. The van der Waals surface area contributed by atoms with E-state index >= 15 is 0 Å². The normalized spacial score (nSPS) is 27.4. The molecule has 3 unspecified atom stereocenters. The van der Waals surface area contributed by atoms with Crippen LogP contribution < -0.4 is 5.32 Å². The highest BCUT2D eigenvalue weighted by Gasteiger charge is 2.42. The van der Waals surface area contributed by atoms with Crippen molar-refractivity contribution < 1.29 is 4.39 Å². The van der Waals surface area contributed by atoms with Crippen molar-refractivity contribution in [2.75, 3.05) is 33.2 Å². The first-order chi connectivity index (χ1) is 13.2. The lowest BCUT2D eigenvalue weighted by Gasteiger charge is -2.42. The molecule has 3 atom stereocenters. The molecule has 1 saturated heterocycles. The minimum absolute atomic E-state index is 0. The van der Waals surface area contributed by atoms with E-state index in [1.54, 1.807) is 13.1 Å². The fraction of sp³-hybridized carbons (Fsp3) is 0.619. The molecule has 7 heteroatoms. The van der Waals surface area contributed by atoms with Crippen LogP contribution in [0.2, 0.25) is 0 Å². The topological polar surface area (TPSA) is 54.7 Å². The van der Waals surface area contributed by atoms with Gasteiger partial charge in [0.05, 0.1) is 11.6 Å². The first kappa shape index (κ1) is 21.3. The van der Waals surface area contributed by atoms with Crippen LogP contribution in [0.1, 0.15) is 36.8 Å². The SMILES string of the molecule is CN=C(NCc1cc(C#N)ccc1F)N1CCN(C2CC3CCC2C3)CC1.I. The van der Waals surface area contributed by atoms with Gasteiger partial charge >= 0.3 is 0 Å². The maximum atomic E-state index is 14.0. The van der Waals surface area contributed by atoms with Crippen LogP contribution in [0.3, 0.4) is 0 Å². The standard InChI is InChI=1S/C21H28FN5.HI/c1-24-21(25-14-18-11-16(13-23)3-5-19(18)22)27-8-6-26(7-9-27)20-12-15-2-4-17(20)10-15;/h3,5,11,15,17,20H,2,4,6-10,12,14H2,1H3,(H,24,25);1H. The fourth-order valence-electron chi connectivity index (χ4n) is 5.21. The van der Waals surface area contributed by atoms with E-state index in [1.807, 2.05) is 0 Å². The molecule has 28 heavy (non-hydrogen) atoms. The molecule has 0 radical (unpaired) electrons. The number of hydrogen-bond donors (Lipinski definition) is 1. The fourth-order valence-corrected chi connectivity index (χ4v) is 5.21. The average molecular weight is 497 g/mol. The molecule has 2 aliphatic carbocycles. The summed E-state index contributed by atoms with van der Waals surface area (Å²) in [4.78, 5) is 9.33. The smallest absolute Gasteiger partial charge is 0.194 e. The molecule has 1 aliphatic heterocycles. The highest BCUT2D eigenvalue weighted by molar-refractivity contribution is 14.0. The lowest BCUT2D eigenvalue weighted by molar-refractivity contribution is 0.0958. The minimum Gasteiger partial charge on any atom is -0.352 e. The number of rotatable bonds is 3. The van der Waals surface area contributed by atoms with Gasteiger partial charge in [0.2, 0.25) is 0 Å². The largest absolute Gasteiger partial charge is 0.352 e. The molecule has 2 bridgehead atoms. The van der Waals surface area contributed by atoms with Crippen LogP contribution in [0.4, 0.5) is 4.39 Å². The van der Waals surface area contributed by atoms with Crippen molar-refractivity contribution in [1.82, 2.24) is 15.1 Å². The molecule has 1 heterocycles. The van der Waals surface area contributed by atoms with Gasteiger partial charge in [-0.15, -0.1) is 24.0 Å². The van der Waals surface area contributed by atoms with E-state index in [0.29, 0.717) is 17.7 Å². The number of guanidine groups is 1. The van der Waals surface area contributed by atoms with E-state index < -0.39 is 0 Å². The van der Waals surface area contributed by atoms with Crippen LogP contribution in [0.5, 0.6) is 0 Å². The number of hydrogen-bond acceptors (Lipinski definition) is 3. The predicted octanol–water partition coefficient (Wildman–Crippen LogP) is 3.20. The molecule has 3 aliphatic rings. The predicted molar refractivity (Wildman–Crippen MR) is 119 cm³/mol. The maximum Gasteiger partial charge on any atom is 0.194 e. The van der Waals surface area contributed by atoms with Crippen LogP contribution in [-0.4, -0.2) is 55.0 Å².